The van der Waals surface area contributed by atoms with Crippen LogP contribution < -0.4 is 4.90 Å². The van der Waals surface area contributed by atoms with E-state index in [4.69, 9.17) is 0 Å². The molecule has 0 N–H and O–H groups in total. The molecule has 2 aromatic rings. The Labute approximate surface area is 129 Å². The van der Waals surface area contributed by atoms with E-state index >= 15 is 0 Å². The summed E-state index contributed by atoms with van der Waals surface area (Å²) in [7, 11) is 3.80. The smallest absolute Gasteiger partial charge is 0.258 e. The number of carbonyl (C=O) groups excluding carboxylic acids is 1. The number of hydrogen-bond acceptors (Lipinski definition) is 4. The lowest BCUT2D eigenvalue weighted by atomic mass is 10.0. The molecule has 22 heavy (non-hydrogen) atoms. The summed E-state index contributed by atoms with van der Waals surface area (Å²) in [5.74, 6) is -0.0948. The van der Waals surface area contributed by atoms with Crippen LogP contribution in [0.15, 0.2) is 42.7 Å². The second-order valence-corrected chi connectivity index (χ2v) is 5.46. The summed E-state index contributed by atoms with van der Waals surface area (Å²) in [5.41, 5.74) is 3.23. The number of rotatable bonds is 3. The van der Waals surface area contributed by atoms with Crippen molar-refractivity contribution in [3.63, 3.8) is 0 Å². The first-order valence-corrected chi connectivity index (χ1v) is 7.03. The lowest BCUT2D eigenvalue weighted by Gasteiger charge is -2.20. The summed E-state index contributed by atoms with van der Waals surface area (Å²) in [6.45, 7) is 0.404. The lowest BCUT2D eigenvalue weighted by Crippen LogP contribution is -2.27. The van der Waals surface area contributed by atoms with Crippen molar-refractivity contribution in [2.24, 2.45) is 0 Å². The minimum Gasteiger partial charge on any atom is -0.377 e. The van der Waals surface area contributed by atoms with Crippen LogP contribution >= 0.6 is 0 Å². The van der Waals surface area contributed by atoms with E-state index in [1.165, 1.54) is 0 Å². The molecule has 1 aliphatic rings. The molecule has 1 aliphatic heterocycles. The average molecular weight is 292 g/mol. The Morgan fingerprint density at radius 1 is 1.27 bits per heavy atom. The van der Waals surface area contributed by atoms with Gasteiger partial charge < -0.3 is 9.80 Å². The quantitative estimate of drug-likeness (QED) is 0.871. The average Bonchev–Trinajstić information content (AvgIpc) is 2.80. The molecule has 1 aromatic carbocycles. The third kappa shape index (κ3) is 2.19. The van der Waals surface area contributed by atoms with Crippen LogP contribution in [0.1, 0.15) is 27.5 Å². The van der Waals surface area contributed by atoms with Gasteiger partial charge in [-0.3, -0.25) is 9.78 Å². The van der Waals surface area contributed by atoms with Crippen LogP contribution in [0.4, 0.5) is 5.69 Å². The number of amides is 1. The highest BCUT2D eigenvalue weighted by Crippen LogP contribution is 2.38. The van der Waals surface area contributed by atoms with Gasteiger partial charge >= 0.3 is 0 Å². The standard InChI is InChI=1S/C17H16N4O/c1-20(2)14-5-3-4-13-15(10-18)21(17(22)16(13)14)11-12-6-8-19-9-7-12/h3-9,15H,11H2,1-2H3. The van der Waals surface area contributed by atoms with Gasteiger partial charge in [0, 0.05) is 44.3 Å². The van der Waals surface area contributed by atoms with Gasteiger partial charge in [0.25, 0.3) is 5.91 Å². The Bertz CT molecular complexity index is 749. The van der Waals surface area contributed by atoms with Gasteiger partial charge in [-0.1, -0.05) is 12.1 Å². The lowest BCUT2D eigenvalue weighted by molar-refractivity contribution is 0.0745. The minimum absolute atomic E-state index is 0.0948. The minimum atomic E-state index is -0.546. The van der Waals surface area contributed by atoms with Gasteiger partial charge in [-0.2, -0.15) is 5.26 Å². The molecule has 0 fully saturated rings. The molecule has 0 radical (unpaired) electrons. The van der Waals surface area contributed by atoms with Crippen molar-refractivity contribution >= 4 is 11.6 Å². The molecule has 0 saturated carbocycles. The van der Waals surface area contributed by atoms with Crippen LogP contribution in [0.5, 0.6) is 0 Å². The normalized spacial score (nSPS) is 16.3. The van der Waals surface area contributed by atoms with Crippen LogP contribution in [0.3, 0.4) is 0 Å². The zero-order valence-corrected chi connectivity index (χ0v) is 12.5. The summed E-state index contributed by atoms with van der Waals surface area (Å²) in [6.07, 6.45) is 3.38. The van der Waals surface area contributed by atoms with E-state index in [1.807, 2.05) is 49.3 Å². The van der Waals surface area contributed by atoms with E-state index in [0.717, 1.165) is 16.8 Å². The van der Waals surface area contributed by atoms with Crippen LogP contribution in [0.25, 0.3) is 0 Å². The number of fused-ring (bicyclic) bond motifs is 1. The molecule has 0 aliphatic carbocycles. The third-order valence-electron chi connectivity index (χ3n) is 3.86. The number of nitriles is 1. The second kappa shape index (κ2) is 5.49. The largest absolute Gasteiger partial charge is 0.377 e. The first kappa shape index (κ1) is 14.1. The van der Waals surface area contributed by atoms with Gasteiger partial charge in [-0.05, 0) is 23.8 Å². The van der Waals surface area contributed by atoms with E-state index in [1.54, 1.807) is 17.3 Å². The van der Waals surface area contributed by atoms with Crippen molar-refractivity contribution < 1.29 is 4.79 Å². The zero-order chi connectivity index (χ0) is 15.7. The van der Waals surface area contributed by atoms with Crippen LogP contribution in [0.2, 0.25) is 0 Å². The van der Waals surface area contributed by atoms with E-state index in [2.05, 4.69) is 11.1 Å². The summed E-state index contributed by atoms with van der Waals surface area (Å²) < 4.78 is 0. The number of aromatic nitrogens is 1. The highest BCUT2D eigenvalue weighted by molar-refractivity contribution is 6.04. The number of nitrogens with zero attached hydrogens (tertiary/aromatic N) is 4. The van der Waals surface area contributed by atoms with Crippen LogP contribution in [-0.4, -0.2) is 29.9 Å². The number of carbonyl (C=O) groups is 1. The van der Waals surface area contributed by atoms with Crippen molar-refractivity contribution in [1.29, 1.82) is 5.26 Å². The van der Waals surface area contributed by atoms with E-state index < -0.39 is 6.04 Å². The first-order valence-electron chi connectivity index (χ1n) is 7.03. The maximum atomic E-state index is 12.8. The van der Waals surface area contributed by atoms with Crippen molar-refractivity contribution in [2.45, 2.75) is 12.6 Å². The Hall–Kier alpha value is -2.87. The fourth-order valence-electron chi connectivity index (χ4n) is 2.81. The SMILES string of the molecule is CN(C)c1cccc2c1C(=O)N(Cc1ccncc1)C2C#N. The van der Waals surface area contributed by atoms with E-state index in [-0.39, 0.29) is 5.91 Å². The van der Waals surface area contributed by atoms with Crippen molar-refractivity contribution in [1.82, 2.24) is 9.88 Å². The Balaban J connectivity index is 2.03. The molecule has 110 valence electrons. The van der Waals surface area contributed by atoms with Crippen LogP contribution in [-0.2, 0) is 6.54 Å². The van der Waals surface area contributed by atoms with Gasteiger partial charge in [0.2, 0.25) is 0 Å². The molecule has 0 saturated heterocycles. The fourth-order valence-corrected chi connectivity index (χ4v) is 2.81. The van der Waals surface area contributed by atoms with Gasteiger partial charge in [-0.15, -0.1) is 0 Å². The van der Waals surface area contributed by atoms with Gasteiger partial charge in [0.15, 0.2) is 0 Å². The molecule has 3 rings (SSSR count). The molecule has 5 heteroatoms. The van der Waals surface area contributed by atoms with Crippen molar-refractivity contribution in [2.75, 3.05) is 19.0 Å². The van der Waals surface area contributed by atoms with Gasteiger partial charge in [-0.25, -0.2) is 0 Å². The molecular weight excluding hydrogens is 276 g/mol. The highest BCUT2D eigenvalue weighted by atomic mass is 16.2. The molecule has 0 bridgehead atoms. The summed E-state index contributed by atoms with van der Waals surface area (Å²) in [6, 6.07) is 11.1. The molecule has 1 amide bonds. The topological polar surface area (TPSA) is 60.2 Å². The molecular formula is C17H16N4O. The Morgan fingerprint density at radius 3 is 2.64 bits per heavy atom. The van der Waals surface area contributed by atoms with Gasteiger partial charge in [0.1, 0.15) is 6.04 Å². The monoisotopic (exact) mass is 292 g/mol. The number of pyridine rings is 1. The molecule has 1 unspecified atom stereocenters. The van der Waals surface area contributed by atoms with Crippen molar-refractivity contribution in [3.05, 3.63) is 59.4 Å². The molecule has 1 aromatic heterocycles. The van der Waals surface area contributed by atoms with Crippen LogP contribution in [0, 0.1) is 11.3 Å². The molecule has 1 atom stereocenters. The molecule has 2 heterocycles. The fraction of sp³-hybridized carbons (Fsp3) is 0.235. The van der Waals surface area contributed by atoms with E-state index in [0.29, 0.717) is 12.1 Å². The second-order valence-electron chi connectivity index (χ2n) is 5.46. The molecule has 5 nitrogen and oxygen atoms in total. The Kier molecular flexibility index (Phi) is 3.51. The maximum Gasteiger partial charge on any atom is 0.258 e. The summed E-state index contributed by atoms with van der Waals surface area (Å²) in [5, 5.41) is 9.54. The predicted molar refractivity (Wildman–Crippen MR) is 83.2 cm³/mol. The van der Waals surface area contributed by atoms with Gasteiger partial charge in [0.05, 0.1) is 11.6 Å². The zero-order valence-electron chi connectivity index (χ0n) is 12.5. The summed E-state index contributed by atoms with van der Waals surface area (Å²) in [4.78, 5) is 20.3. The predicted octanol–water partition coefficient (Wildman–Crippen LogP) is 2.37. The Morgan fingerprint density at radius 2 is 2.00 bits per heavy atom. The number of anilines is 1. The summed E-state index contributed by atoms with van der Waals surface area (Å²) >= 11 is 0. The molecule has 0 spiro atoms. The highest BCUT2D eigenvalue weighted by Gasteiger charge is 2.38. The third-order valence-corrected chi connectivity index (χ3v) is 3.86. The maximum absolute atomic E-state index is 12.8. The number of benzene rings is 1. The van der Waals surface area contributed by atoms with E-state index in [9.17, 15) is 10.1 Å². The number of hydrogen-bond donors (Lipinski definition) is 0. The first-order chi connectivity index (χ1) is 10.6. The van der Waals surface area contributed by atoms with Crippen molar-refractivity contribution in [3.8, 4) is 6.07 Å².